The lowest BCUT2D eigenvalue weighted by atomic mass is 9.87. The minimum atomic E-state index is 0.784. The maximum Gasteiger partial charge on any atom is -0.0159 e. The molecule has 2 atom stereocenters. The highest BCUT2D eigenvalue weighted by Crippen LogP contribution is 2.35. The maximum absolute atomic E-state index is 2.42. The fraction of sp³-hybridized carbons (Fsp3) is 0.444. The van der Waals surface area contributed by atoms with Crippen molar-refractivity contribution in [2.45, 2.75) is 44.9 Å². The number of hydrogen-bond donors (Lipinski definition) is 0. The van der Waals surface area contributed by atoms with Crippen molar-refractivity contribution in [2.24, 2.45) is 5.92 Å². The molecule has 0 radical (unpaired) electrons. The fourth-order valence-corrected chi connectivity index (χ4v) is 3.37. The minimum absolute atomic E-state index is 0.784. The zero-order chi connectivity index (χ0) is 12.4. The van der Waals surface area contributed by atoms with Crippen molar-refractivity contribution in [1.82, 2.24) is 0 Å². The zero-order valence-corrected chi connectivity index (χ0v) is 11.2. The first-order valence-electron chi connectivity index (χ1n) is 7.31. The minimum Gasteiger partial charge on any atom is -0.0625 e. The van der Waals surface area contributed by atoms with E-state index in [1.54, 1.807) is 5.56 Å². The van der Waals surface area contributed by atoms with Gasteiger partial charge in [-0.1, -0.05) is 68.7 Å². The quantitative estimate of drug-likeness (QED) is 0.573. The second-order valence-electron chi connectivity index (χ2n) is 5.93. The largest absolute Gasteiger partial charge is 0.0625 e. The van der Waals surface area contributed by atoms with E-state index >= 15 is 0 Å². The van der Waals surface area contributed by atoms with Gasteiger partial charge < -0.3 is 0 Å². The Hall–Kier alpha value is -1.30. The average Bonchev–Trinajstić information content (AvgIpc) is 2.63. The third-order valence-corrected chi connectivity index (χ3v) is 4.43. The van der Waals surface area contributed by atoms with Crippen molar-refractivity contribution in [3.63, 3.8) is 0 Å². The van der Waals surface area contributed by atoms with Gasteiger partial charge in [0.05, 0.1) is 0 Å². The van der Waals surface area contributed by atoms with Crippen molar-refractivity contribution in [3.05, 3.63) is 48.0 Å². The summed E-state index contributed by atoms with van der Waals surface area (Å²) < 4.78 is 0. The second kappa shape index (κ2) is 5.14. The van der Waals surface area contributed by atoms with Crippen LogP contribution in [0.3, 0.4) is 0 Å². The smallest absolute Gasteiger partial charge is 0.0159 e. The van der Waals surface area contributed by atoms with E-state index in [1.807, 2.05) is 0 Å². The van der Waals surface area contributed by atoms with Gasteiger partial charge in [0, 0.05) is 0 Å². The predicted molar refractivity (Wildman–Crippen MR) is 78.9 cm³/mol. The number of benzene rings is 2. The topological polar surface area (TPSA) is 0 Å². The standard InChI is InChI=1S/C18H22/c1-14-6-2-3-8-16(12-14)18-11-10-15-7-4-5-9-17(15)13-18/h4-5,7,9-11,13-14,16H,2-3,6,8,12H2,1H3. The summed E-state index contributed by atoms with van der Waals surface area (Å²) in [7, 11) is 0. The van der Waals surface area contributed by atoms with Crippen LogP contribution in [0.25, 0.3) is 10.8 Å². The van der Waals surface area contributed by atoms with Crippen LogP contribution in [0, 0.1) is 5.92 Å². The van der Waals surface area contributed by atoms with Crippen LogP contribution in [0.2, 0.25) is 0 Å². The fourth-order valence-electron chi connectivity index (χ4n) is 3.37. The summed E-state index contributed by atoms with van der Waals surface area (Å²) in [6.45, 7) is 2.42. The molecule has 2 unspecified atom stereocenters. The molecule has 0 amide bonds. The molecule has 1 aliphatic rings. The van der Waals surface area contributed by atoms with Crippen LogP contribution in [-0.4, -0.2) is 0 Å². The number of fused-ring (bicyclic) bond motifs is 1. The summed E-state index contributed by atoms with van der Waals surface area (Å²) >= 11 is 0. The maximum atomic E-state index is 2.42. The Labute approximate surface area is 110 Å². The normalized spacial score (nSPS) is 24.9. The molecule has 1 saturated carbocycles. The first kappa shape index (κ1) is 11.8. The molecule has 0 heteroatoms. The lowest BCUT2D eigenvalue weighted by Crippen LogP contribution is -2.02. The highest BCUT2D eigenvalue weighted by Gasteiger charge is 2.18. The Morgan fingerprint density at radius 1 is 0.889 bits per heavy atom. The van der Waals surface area contributed by atoms with E-state index in [2.05, 4.69) is 49.4 Å². The van der Waals surface area contributed by atoms with E-state index in [0.29, 0.717) is 0 Å². The molecule has 0 N–H and O–H groups in total. The van der Waals surface area contributed by atoms with E-state index in [9.17, 15) is 0 Å². The molecule has 0 aliphatic heterocycles. The van der Waals surface area contributed by atoms with Gasteiger partial charge in [-0.2, -0.15) is 0 Å². The lowest BCUT2D eigenvalue weighted by Gasteiger charge is -2.18. The SMILES string of the molecule is CC1CCCCC(c2ccc3ccccc3c2)C1. The molecule has 0 nitrogen and oxygen atoms in total. The van der Waals surface area contributed by atoms with Gasteiger partial charge in [0.1, 0.15) is 0 Å². The van der Waals surface area contributed by atoms with Crippen LogP contribution in [0.4, 0.5) is 0 Å². The molecule has 1 fully saturated rings. The molecule has 94 valence electrons. The van der Waals surface area contributed by atoms with Gasteiger partial charge in [0.2, 0.25) is 0 Å². The van der Waals surface area contributed by atoms with Crippen LogP contribution in [0.5, 0.6) is 0 Å². The molecule has 0 saturated heterocycles. The highest BCUT2D eigenvalue weighted by atomic mass is 14.2. The van der Waals surface area contributed by atoms with Crippen molar-refractivity contribution < 1.29 is 0 Å². The van der Waals surface area contributed by atoms with Gasteiger partial charge in [0.15, 0.2) is 0 Å². The predicted octanol–water partition coefficient (Wildman–Crippen LogP) is 5.52. The Kier molecular flexibility index (Phi) is 3.36. The van der Waals surface area contributed by atoms with Gasteiger partial charge >= 0.3 is 0 Å². The van der Waals surface area contributed by atoms with E-state index in [4.69, 9.17) is 0 Å². The molecule has 18 heavy (non-hydrogen) atoms. The average molecular weight is 238 g/mol. The second-order valence-corrected chi connectivity index (χ2v) is 5.93. The Morgan fingerprint density at radius 3 is 2.56 bits per heavy atom. The monoisotopic (exact) mass is 238 g/mol. The molecule has 2 aromatic carbocycles. The van der Waals surface area contributed by atoms with Gasteiger partial charge in [-0.15, -0.1) is 0 Å². The third kappa shape index (κ3) is 2.43. The van der Waals surface area contributed by atoms with Gasteiger partial charge in [0.25, 0.3) is 0 Å². The Bertz CT molecular complexity index is 526. The van der Waals surface area contributed by atoms with Crippen molar-refractivity contribution in [2.75, 3.05) is 0 Å². The molecule has 3 rings (SSSR count). The van der Waals surface area contributed by atoms with E-state index < -0.39 is 0 Å². The molecule has 0 aromatic heterocycles. The Morgan fingerprint density at radius 2 is 1.67 bits per heavy atom. The summed E-state index contributed by atoms with van der Waals surface area (Å²) in [5.74, 6) is 1.68. The summed E-state index contributed by atoms with van der Waals surface area (Å²) in [6, 6.07) is 15.8. The van der Waals surface area contributed by atoms with Gasteiger partial charge in [-0.25, -0.2) is 0 Å². The summed E-state index contributed by atoms with van der Waals surface area (Å²) in [6.07, 6.45) is 7.00. The first-order chi connectivity index (χ1) is 8.83. The van der Waals surface area contributed by atoms with E-state index in [-0.39, 0.29) is 0 Å². The Balaban J connectivity index is 1.92. The van der Waals surface area contributed by atoms with Gasteiger partial charge in [-0.3, -0.25) is 0 Å². The molecular formula is C18H22. The lowest BCUT2D eigenvalue weighted by molar-refractivity contribution is 0.471. The van der Waals surface area contributed by atoms with Crippen LogP contribution in [-0.2, 0) is 0 Å². The van der Waals surface area contributed by atoms with Gasteiger partial charge in [-0.05, 0) is 41.0 Å². The van der Waals surface area contributed by atoms with Crippen molar-refractivity contribution in [1.29, 1.82) is 0 Å². The molecule has 0 heterocycles. The summed E-state index contributed by atoms with van der Waals surface area (Å²) in [4.78, 5) is 0. The summed E-state index contributed by atoms with van der Waals surface area (Å²) in [5.41, 5.74) is 1.56. The van der Waals surface area contributed by atoms with Crippen LogP contribution in [0.15, 0.2) is 42.5 Å². The number of rotatable bonds is 1. The molecule has 0 spiro atoms. The van der Waals surface area contributed by atoms with Crippen LogP contribution >= 0.6 is 0 Å². The zero-order valence-electron chi connectivity index (χ0n) is 11.2. The molecule has 2 aromatic rings. The molecular weight excluding hydrogens is 216 g/mol. The van der Waals surface area contributed by atoms with Crippen molar-refractivity contribution >= 4 is 10.8 Å². The van der Waals surface area contributed by atoms with E-state index in [1.165, 1.54) is 42.9 Å². The first-order valence-corrected chi connectivity index (χ1v) is 7.31. The van der Waals surface area contributed by atoms with Crippen LogP contribution in [0.1, 0.15) is 50.5 Å². The highest BCUT2D eigenvalue weighted by molar-refractivity contribution is 5.83. The molecule has 0 bridgehead atoms. The third-order valence-electron chi connectivity index (χ3n) is 4.43. The summed E-state index contributed by atoms with van der Waals surface area (Å²) in [5, 5.41) is 2.76. The van der Waals surface area contributed by atoms with Crippen molar-refractivity contribution in [3.8, 4) is 0 Å². The number of hydrogen-bond acceptors (Lipinski definition) is 0. The molecule has 1 aliphatic carbocycles. The van der Waals surface area contributed by atoms with Crippen LogP contribution < -0.4 is 0 Å². The van der Waals surface area contributed by atoms with E-state index in [0.717, 1.165) is 11.8 Å².